The number of likely N-dealkylation sites (N-methyl/N-ethyl adjacent to an activating group) is 1. The van der Waals surface area contributed by atoms with Crippen LogP contribution in [0.25, 0.3) is 0 Å². The van der Waals surface area contributed by atoms with Crippen LogP contribution in [0.4, 0.5) is 4.79 Å². The van der Waals surface area contributed by atoms with E-state index in [0.717, 1.165) is 12.8 Å². The van der Waals surface area contributed by atoms with E-state index in [9.17, 15) is 14.4 Å². The van der Waals surface area contributed by atoms with E-state index in [-0.39, 0.29) is 30.2 Å². The van der Waals surface area contributed by atoms with E-state index in [1.165, 1.54) is 9.80 Å². The van der Waals surface area contributed by atoms with Gasteiger partial charge in [-0.25, -0.2) is 4.79 Å². The minimum absolute atomic E-state index is 0.0616. The van der Waals surface area contributed by atoms with E-state index in [2.05, 4.69) is 0 Å². The molecule has 2 aliphatic rings. The second kappa shape index (κ2) is 4.23. The van der Waals surface area contributed by atoms with Gasteiger partial charge in [-0.05, 0) is 19.3 Å². The topological polar surface area (TPSA) is 57.7 Å². The van der Waals surface area contributed by atoms with Crippen molar-refractivity contribution in [1.29, 1.82) is 0 Å². The zero-order chi connectivity index (χ0) is 11.7. The van der Waals surface area contributed by atoms with Crippen molar-refractivity contribution in [3.63, 3.8) is 0 Å². The van der Waals surface area contributed by atoms with Crippen molar-refractivity contribution >= 4 is 17.7 Å². The molecule has 0 bridgehead atoms. The molecule has 1 aliphatic carbocycles. The van der Waals surface area contributed by atoms with Crippen molar-refractivity contribution in [2.75, 3.05) is 20.1 Å². The van der Waals surface area contributed by atoms with Crippen LogP contribution in [0.1, 0.15) is 25.7 Å². The minimum Gasteiger partial charge on any atom is -0.318 e. The lowest BCUT2D eigenvalue weighted by Gasteiger charge is -2.15. The van der Waals surface area contributed by atoms with Crippen molar-refractivity contribution in [2.24, 2.45) is 5.92 Å². The van der Waals surface area contributed by atoms with Crippen molar-refractivity contribution < 1.29 is 14.4 Å². The van der Waals surface area contributed by atoms with Gasteiger partial charge in [0.05, 0.1) is 0 Å². The average Bonchev–Trinajstić information content (AvgIpc) is 2.72. The van der Waals surface area contributed by atoms with Crippen molar-refractivity contribution in [2.45, 2.75) is 25.7 Å². The lowest BCUT2D eigenvalue weighted by molar-refractivity contribution is -0.126. The fourth-order valence-corrected chi connectivity index (χ4v) is 2.37. The summed E-state index contributed by atoms with van der Waals surface area (Å²) in [6.07, 6.45) is 3.15. The number of carbonyl (C=O) groups is 3. The Balaban J connectivity index is 1.88. The van der Waals surface area contributed by atoms with Crippen LogP contribution in [-0.4, -0.2) is 47.7 Å². The zero-order valence-electron chi connectivity index (χ0n) is 9.44. The maximum absolute atomic E-state index is 11.5. The first-order chi connectivity index (χ1) is 7.59. The van der Waals surface area contributed by atoms with Crippen molar-refractivity contribution in [1.82, 2.24) is 9.80 Å². The van der Waals surface area contributed by atoms with Gasteiger partial charge in [-0.3, -0.25) is 14.5 Å². The lowest BCUT2D eigenvalue weighted by atomic mass is 10.0. The number of ketones is 1. The van der Waals surface area contributed by atoms with Gasteiger partial charge in [-0.1, -0.05) is 0 Å². The Hall–Kier alpha value is -1.39. The van der Waals surface area contributed by atoms with Crippen LogP contribution in [0.15, 0.2) is 0 Å². The number of Topliss-reactive ketones (excluding diaryl/α,β-unsaturated/α-hetero) is 1. The largest absolute Gasteiger partial charge is 0.326 e. The molecule has 1 heterocycles. The van der Waals surface area contributed by atoms with Gasteiger partial charge in [0.25, 0.3) is 0 Å². The van der Waals surface area contributed by atoms with Crippen LogP contribution in [0.3, 0.4) is 0 Å². The molecule has 0 radical (unpaired) electrons. The number of hydrogen-bond donors (Lipinski definition) is 0. The van der Waals surface area contributed by atoms with Crippen LogP contribution in [-0.2, 0) is 9.59 Å². The molecule has 2 rings (SSSR count). The molecule has 0 aromatic heterocycles. The van der Waals surface area contributed by atoms with Gasteiger partial charge < -0.3 is 4.90 Å². The Morgan fingerprint density at radius 1 is 1.31 bits per heavy atom. The lowest BCUT2D eigenvalue weighted by Crippen LogP contribution is -2.33. The number of rotatable bonds is 3. The smallest absolute Gasteiger partial charge is 0.318 e. The Morgan fingerprint density at radius 3 is 2.56 bits per heavy atom. The second-order valence-electron chi connectivity index (χ2n) is 4.53. The highest BCUT2D eigenvalue weighted by molar-refractivity contribution is 6.01. The summed E-state index contributed by atoms with van der Waals surface area (Å²) < 4.78 is 0. The molecule has 1 aliphatic heterocycles. The summed E-state index contributed by atoms with van der Waals surface area (Å²) >= 11 is 0. The summed E-state index contributed by atoms with van der Waals surface area (Å²) in [4.78, 5) is 37.1. The summed E-state index contributed by atoms with van der Waals surface area (Å²) in [5.41, 5.74) is 0. The molecule has 2 fully saturated rings. The van der Waals surface area contributed by atoms with Crippen LogP contribution in [0, 0.1) is 5.92 Å². The molecule has 0 aromatic rings. The van der Waals surface area contributed by atoms with Gasteiger partial charge >= 0.3 is 6.03 Å². The first-order valence-corrected chi connectivity index (χ1v) is 5.68. The van der Waals surface area contributed by atoms with Gasteiger partial charge in [0.15, 0.2) is 0 Å². The van der Waals surface area contributed by atoms with Gasteiger partial charge in [-0.2, -0.15) is 0 Å². The highest BCUT2D eigenvalue weighted by atomic mass is 16.2. The number of urea groups is 1. The molecule has 16 heavy (non-hydrogen) atoms. The molecular formula is C11H16N2O3. The summed E-state index contributed by atoms with van der Waals surface area (Å²) in [5, 5.41) is 0. The molecule has 5 nitrogen and oxygen atoms in total. The number of carbonyl (C=O) groups excluding carboxylic acids is 3. The second-order valence-corrected chi connectivity index (χ2v) is 4.53. The molecule has 0 spiro atoms. The van der Waals surface area contributed by atoms with Gasteiger partial charge in [-0.15, -0.1) is 0 Å². The molecular weight excluding hydrogens is 208 g/mol. The van der Waals surface area contributed by atoms with Crippen LogP contribution in [0.2, 0.25) is 0 Å². The van der Waals surface area contributed by atoms with Crippen LogP contribution >= 0.6 is 0 Å². The number of amides is 3. The van der Waals surface area contributed by atoms with Crippen LogP contribution < -0.4 is 0 Å². The van der Waals surface area contributed by atoms with Crippen molar-refractivity contribution in [3.8, 4) is 0 Å². The zero-order valence-corrected chi connectivity index (χ0v) is 9.44. The van der Waals surface area contributed by atoms with Gasteiger partial charge in [0, 0.05) is 25.9 Å². The highest BCUT2D eigenvalue weighted by Gasteiger charge is 2.34. The average molecular weight is 224 g/mol. The summed E-state index contributed by atoms with van der Waals surface area (Å²) in [6.45, 7) is 0.551. The predicted octanol–water partition coefficient (Wildman–Crippen LogP) is 0.640. The quantitative estimate of drug-likeness (QED) is 0.661. The third-order valence-corrected chi connectivity index (χ3v) is 3.36. The van der Waals surface area contributed by atoms with E-state index in [4.69, 9.17) is 0 Å². The predicted molar refractivity (Wildman–Crippen MR) is 56.7 cm³/mol. The van der Waals surface area contributed by atoms with E-state index in [0.29, 0.717) is 19.4 Å². The molecule has 1 atom stereocenters. The molecule has 0 aromatic carbocycles. The third kappa shape index (κ3) is 1.94. The Kier molecular flexibility index (Phi) is 2.94. The monoisotopic (exact) mass is 224 g/mol. The Labute approximate surface area is 94.4 Å². The Bertz CT molecular complexity index is 340. The van der Waals surface area contributed by atoms with Gasteiger partial charge in [0.2, 0.25) is 5.91 Å². The number of imide groups is 1. The maximum atomic E-state index is 11.5. The number of nitrogens with zero attached hydrogens (tertiary/aromatic N) is 2. The molecule has 1 unspecified atom stereocenters. The molecule has 88 valence electrons. The highest BCUT2D eigenvalue weighted by Crippen LogP contribution is 2.25. The Morgan fingerprint density at radius 2 is 2.06 bits per heavy atom. The maximum Gasteiger partial charge on any atom is 0.326 e. The van der Waals surface area contributed by atoms with Crippen molar-refractivity contribution in [3.05, 3.63) is 0 Å². The van der Waals surface area contributed by atoms with Crippen LogP contribution in [0.5, 0.6) is 0 Å². The fourth-order valence-electron chi connectivity index (χ4n) is 2.37. The molecule has 1 saturated carbocycles. The standard InChI is InChI=1S/C11H16N2O3/c1-12-7-10(15)13(11(12)16)6-5-8-3-2-4-9(8)14/h8H,2-7H2,1H3. The molecule has 1 saturated heterocycles. The molecule has 0 N–H and O–H groups in total. The summed E-state index contributed by atoms with van der Waals surface area (Å²) in [6, 6.07) is -0.240. The van der Waals surface area contributed by atoms with E-state index in [1.54, 1.807) is 7.05 Å². The van der Waals surface area contributed by atoms with E-state index >= 15 is 0 Å². The summed E-state index contributed by atoms with van der Waals surface area (Å²) in [5.74, 6) is 0.192. The SMILES string of the molecule is CN1CC(=O)N(CCC2CCCC2=O)C1=O. The summed E-state index contributed by atoms with van der Waals surface area (Å²) in [7, 11) is 1.61. The first-order valence-electron chi connectivity index (χ1n) is 5.68. The van der Waals surface area contributed by atoms with E-state index < -0.39 is 0 Å². The van der Waals surface area contributed by atoms with Gasteiger partial charge in [0.1, 0.15) is 12.3 Å². The normalized spacial score (nSPS) is 26.1. The fraction of sp³-hybridized carbons (Fsp3) is 0.727. The molecule has 5 heteroatoms. The minimum atomic E-state index is -0.240. The van der Waals surface area contributed by atoms with E-state index in [1.807, 2.05) is 0 Å². The molecule has 3 amide bonds. The third-order valence-electron chi connectivity index (χ3n) is 3.36. The first kappa shape index (κ1) is 11.1. The number of hydrogen-bond acceptors (Lipinski definition) is 3.